The van der Waals surface area contributed by atoms with Crippen LogP contribution in [0.5, 0.6) is 0 Å². The molecule has 2 aromatic rings. The van der Waals surface area contributed by atoms with Crippen molar-refractivity contribution in [3.63, 3.8) is 0 Å². The number of carbonyl (C=O) groups excluding carboxylic acids is 1. The monoisotopic (exact) mass is 414 g/mol. The Morgan fingerprint density at radius 3 is 2.24 bits per heavy atom. The minimum Gasteiger partial charge on any atom is -0.479 e. The van der Waals surface area contributed by atoms with Gasteiger partial charge in [0.2, 0.25) is 0 Å². The van der Waals surface area contributed by atoms with E-state index in [0.29, 0.717) is 11.6 Å². The Hall–Kier alpha value is -2.98. The van der Waals surface area contributed by atoms with Crippen LogP contribution in [-0.2, 0) is 22.2 Å². The maximum atomic E-state index is 14.3. The third-order valence-electron chi connectivity index (χ3n) is 4.17. The van der Waals surface area contributed by atoms with E-state index in [1.165, 1.54) is 0 Å². The molecule has 2 rings (SSSR count). The third-order valence-corrected chi connectivity index (χ3v) is 4.17. The lowest BCUT2D eigenvalue weighted by atomic mass is 9.99. The van der Waals surface area contributed by atoms with E-state index in [-0.39, 0.29) is 6.42 Å². The molecule has 0 aromatic heterocycles. The molecule has 0 unspecified atom stereocenters. The summed E-state index contributed by atoms with van der Waals surface area (Å²) in [5.74, 6) is -4.88. The molecule has 1 amide bonds. The Morgan fingerprint density at radius 2 is 1.69 bits per heavy atom. The van der Waals surface area contributed by atoms with E-state index in [4.69, 9.17) is 5.73 Å². The molecule has 6 nitrogen and oxygen atoms in total. The molecule has 0 radical (unpaired) electrons. The number of hydrogen-bond acceptors (Lipinski definition) is 4. The second-order valence-electron chi connectivity index (χ2n) is 6.28. The van der Waals surface area contributed by atoms with Crippen LogP contribution in [0.4, 0.5) is 17.6 Å². The zero-order valence-electron chi connectivity index (χ0n) is 14.9. The molecular formula is C19H18F4N2O4. The number of nitrogens with one attached hydrogen (secondary N) is 1. The van der Waals surface area contributed by atoms with E-state index in [1.54, 1.807) is 30.3 Å². The van der Waals surface area contributed by atoms with E-state index >= 15 is 0 Å². The standard InChI is InChI=1S/C19H18F4N2O4/c20-14-11(7-4-8-12(14)19(21,22)23)15(18(28)29)25-17(27)16(26)13(24)9-10-5-2-1-3-6-10/h1-8,13,15-16,26H,9,24H2,(H,25,27)(H,28,29)/t13-,15+,16+/m1/s1. The molecule has 0 spiro atoms. The number of carboxylic acids is 1. The van der Waals surface area contributed by atoms with Gasteiger partial charge in [-0.15, -0.1) is 0 Å². The Morgan fingerprint density at radius 1 is 1.07 bits per heavy atom. The van der Waals surface area contributed by atoms with Gasteiger partial charge in [-0.05, 0) is 18.1 Å². The fraction of sp³-hybridized carbons (Fsp3) is 0.263. The fourth-order valence-corrected chi connectivity index (χ4v) is 2.68. The van der Waals surface area contributed by atoms with Crippen molar-refractivity contribution in [3.8, 4) is 0 Å². The summed E-state index contributed by atoms with van der Waals surface area (Å²) in [7, 11) is 0. The van der Waals surface area contributed by atoms with Crippen molar-refractivity contribution in [1.29, 1.82) is 0 Å². The summed E-state index contributed by atoms with van der Waals surface area (Å²) in [5.41, 5.74) is 3.90. The summed E-state index contributed by atoms with van der Waals surface area (Å²) in [6, 6.07) is 7.37. The first-order valence-corrected chi connectivity index (χ1v) is 8.38. The fourth-order valence-electron chi connectivity index (χ4n) is 2.68. The largest absolute Gasteiger partial charge is 0.479 e. The number of carbonyl (C=O) groups is 2. The first-order valence-electron chi connectivity index (χ1n) is 8.38. The van der Waals surface area contributed by atoms with Crippen molar-refractivity contribution in [3.05, 3.63) is 71.0 Å². The van der Waals surface area contributed by atoms with Crippen LogP contribution in [0.25, 0.3) is 0 Å². The number of aliphatic hydroxyl groups excluding tert-OH is 1. The summed E-state index contributed by atoms with van der Waals surface area (Å²) in [6.07, 6.45) is -6.85. The molecule has 29 heavy (non-hydrogen) atoms. The average Bonchev–Trinajstić information content (AvgIpc) is 2.65. The molecule has 0 saturated carbocycles. The third kappa shape index (κ3) is 5.52. The van der Waals surface area contributed by atoms with Crippen molar-refractivity contribution >= 4 is 11.9 Å². The van der Waals surface area contributed by atoms with Gasteiger partial charge >= 0.3 is 12.1 Å². The van der Waals surface area contributed by atoms with Gasteiger partial charge in [0.15, 0.2) is 6.04 Å². The van der Waals surface area contributed by atoms with Crippen molar-refractivity contribution in [2.75, 3.05) is 0 Å². The minimum absolute atomic E-state index is 0.0745. The molecular weight excluding hydrogens is 396 g/mol. The van der Waals surface area contributed by atoms with Gasteiger partial charge in [0.25, 0.3) is 5.91 Å². The van der Waals surface area contributed by atoms with Gasteiger partial charge in [-0.1, -0.05) is 42.5 Å². The predicted molar refractivity (Wildman–Crippen MR) is 94.0 cm³/mol. The van der Waals surface area contributed by atoms with Gasteiger partial charge in [0.05, 0.1) is 5.56 Å². The summed E-state index contributed by atoms with van der Waals surface area (Å²) < 4.78 is 52.9. The molecule has 0 aliphatic rings. The number of halogens is 4. The first kappa shape index (κ1) is 22.3. The summed E-state index contributed by atoms with van der Waals surface area (Å²) in [5, 5.41) is 21.2. The van der Waals surface area contributed by atoms with E-state index in [0.717, 1.165) is 12.1 Å². The lowest BCUT2D eigenvalue weighted by Crippen LogP contribution is -2.49. The molecule has 3 atom stereocenters. The molecule has 2 aromatic carbocycles. The Bertz CT molecular complexity index is 874. The number of benzene rings is 2. The van der Waals surface area contributed by atoms with Gasteiger partial charge in [0.1, 0.15) is 11.9 Å². The number of hydrogen-bond donors (Lipinski definition) is 4. The number of nitrogens with two attached hydrogens (primary N) is 1. The number of rotatable bonds is 7. The van der Waals surface area contributed by atoms with Gasteiger partial charge < -0.3 is 21.3 Å². The number of alkyl halides is 3. The smallest absolute Gasteiger partial charge is 0.419 e. The van der Waals surface area contributed by atoms with Gasteiger partial charge in [-0.3, -0.25) is 4.79 Å². The molecule has 0 aliphatic heterocycles. The molecule has 5 N–H and O–H groups in total. The second-order valence-corrected chi connectivity index (χ2v) is 6.28. The van der Waals surface area contributed by atoms with Crippen LogP contribution >= 0.6 is 0 Å². The maximum absolute atomic E-state index is 14.3. The normalized spacial score (nSPS) is 14.7. The zero-order chi connectivity index (χ0) is 21.8. The van der Waals surface area contributed by atoms with E-state index < -0.39 is 53.2 Å². The highest BCUT2D eigenvalue weighted by Crippen LogP contribution is 2.34. The van der Waals surface area contributed by atoms with Crippen molar-refractivity contribution in [1.82, 2.24) is 5.32 Å². The van der Waals surface area contributed by atoms with Crippen LogP contribution in [0.3, 0.4) is 0 Å². The number of carboxylic acid groups (broad SMARTS) is 1. The molecule has 156 valence electrons. The lowest BCUT2D eigenvalue weighted by molar-refractivity contribution is -0.144. The topological polar surface area (TPSA) is 113 Å². The maximum Gasteiger partial charge on any atom is 0.419 e. The lowest BCUT2D eigenvalue weighted by Gasteiger charge is -2.22. The number of amides is 1. The van der Waals surface area contributed by atoms with Crippen LogP contribution in [-0.4, -0.2) is 34.2 Å². The van der Waals surface area contributed by atoms with E-state index in [2.05, 4.69) is 0 Å². The van der Waals surface area contributed by atoms with E-state index in [1.807, 2.05) is 5.32 Å². The molecule has 0 aliphatic carbocycles. The van der Waals surface area contributed by atoms with Crippen LogP contribution in [0.15, 0.2) is 48.5 Å². The highest BCUT2D eigenvalue weighted by Gasteiger charge is 2.38. The zero-order valence-corrected chi connectivity index (χ0v) is 14.9. The summed E-state index contributed by atoms with van der Waals surface area (Å²) in [6.45, 7) is 0. The molecule has 0 bridgehead atoms. The van der Waals surface area contributed by atoms with Gasteiger partial charge in [0, 0.05) is 11.6 Å². The number of aliphatic hydroxyl groups is 1. The van der Waals surface area contributed by atoms with Gasteiger partial charge in [-0.2, -0.15) is 13.2 Å². The quantitative estimate of drug-likeness (QED) is 0.518. The predicted octanol–water partition coefficient (Wildman–Crippen LogP) is 2.02. The molecule has 0 saturated heterocycles. The first-order chi connectivity index (χ1) is 13.5. The second kappa shape index (κ2) is 9.01. The van der Waals surface area contributed by atoms with Gasteiger partial charge in [-0.25, -0.2) is 9.18 Å². The Kier molecular flexibility index (Phi) is 6.93. The van der Waals surface area contributed by atoms with Crippen LogP contribution < -0.4 is 11.1 Å². The van der Waals surface area contributed by atoms with Crippen molar-refractivity contribution in [2.45, 2.75) is 30.8 Å². The van der Waals surface area contributed by atoms with E-state index in [9.17, 15) is 37.4 Å². The Labute approximate surface area is 163 Å². The van der Waals surface area contributed by atoms with Crippen LogP contribution in [0.2, 0.25) is 0 Å². The molecule has 0 fully saturated rings. The summed E-state index contributed by atoms with van der Waals surface area (Å²) >= 11 is 0. The minimum atomic E-state index is -5.05. The highest BCUT2D eigenvalue weighted by atomic mass is 19.4. The van der Waals surface area contributed by atoms with Crippen LogP contribution in [0.1, 0.15) is 22.7 Å². The Balaban J connectivity index is 2.20. The van der Waals surface area contributed by atoms with Crippen LogP contribution in [0, 0.1) is 5.82 Å². The molecule has 10 heteroatoms. The average molecular weight is 414 g/mol. The molecule has 0 heterocycles. The highest BCUT2D eigenvalue weighted by molar-refractivity contribution is 5.87. The SMILES string of the molecule is N[C@H](Cc1ccccc1)[C@H](O)C(=O)N[C@H](C(=O)O)c1cccc(C(F)(F)F)c1F. The van der Waals surface area contributed by atoms with Crippen molar-refractivity contribution < 1.29 is 37.4 Å². The summed E-state index contributed by atoms with van der Waals surface area (Å²) in [4.78, 5) is 23.7. The number of aliphatic carboxylic acids is 1. The van der Waals surface area contributed by atoms with Crippen molar-refractivity contribution in [2.24, 2.45) is 5.73 Å².